The highest BCUT2D eigenvalue weighted by atomic mass is 35.5. The van der Waals surface area contributed by atoms with Gasteiger partial charge in [0.05, 0.1) is 12.2 Å². The molecule has 154 valence electrons. The number of benzene rings is 2. The lowest BCUT2D eigenvalue weighted by Crippen LogP contribution is -2.34. The summed E-state index contributed by atoms with van der Waals surface area (Å²) in [7, 11) is 0. The molecule has 0 aromatic heterocycles. The van der Waals surface area contributed by atoms with Crippen LogP contribution in [-0.4, -0.2) is 23.8 Å². The number of para-hydroxylation sites is 1. The zero-order valence-electron chi connectivity index (χ0n) is 16.4. The van der Waals surface area contributed by atoms with Crippen LogP contribution in [0.4, 0.5) is 4.39 Å². The second-order valence-electron chi connectivity index (χ2n) is 7.42. The van der Waals surface area contributed by atoms with Crippen molar-refractivity contribution in [1.29, 1.82) is 0 Å². The van der Waals surface area contributed by atoms with Crippen LogP contribution in [0.15, 0.2) is 54.6 Å². The average Bonchev–Trinajstić information content (AvgIpc) is 2.67. The van der Waals surface area contributed by atoms with Gasteiger partial charge in [-0.15, -0.1) is 0 Å². The molecule has 1 heterocycles. The highest BCUT2D eigenvalue weighted by molar-refractivity contribution is 6.31. The van der Waals surface area contributed by atoms with E-state index >= 15 is 0 Å². The summed E-state index contributed by atoms with van der Waals surface area (Å²) in [6, 6.07) is 12.2. The Kier molecular flexibility index (Phi) is 6.60. The van der Waals surface area contributed by atoms with Crippen molar-refractivity contribution in [3.05, 3.63) is 76.6 Å². The molecule has 0 spiro atoms. The van der Waals surface area contributed by atoms with E-state index in [0.29, 0.717) is 10.6 Å². The molecule has 0 amide bonds. The minimum Gasteiger partial charge on any atom is -0.479 e. The Bertz CT molecular complexity index is 914. The molecule has 1 aliphatic rings. The van der Waals surface area contributed by atoms with Crippen LogP contribution in [0.3, 0.4) is 0 Å². The molecular weight excluding hydrogens is 395 g/mol. The van der Waals surface area contributed by atoms with Gasteiger partial charge in [-0.25, -0.2) is 9.18 Å². The van der Waals surface area contributed by atoms with Crippen molar-refractivity contribution in [3.8, 4) is 5.75 Å². The van der Waals surface area contributed by atoms with Crippen LogP contribution in [-0.2, 0) is 9.53 Å². The lowest BCUT2D eigenvalue weighted by molar-refractivity contribution is -0.139. The molecule has 0 unspecified atom stereocenters. The molecule has 2 aromatic rings. The van der Waals surface area contributed by atoms with Gasteiger partial charge in [0.25, 0.3) is 0 Å². The molecule has 0 saturated carbocycles. The number of carboxylic acids is 1. The predicted molar refractivity (Wildman–Crippen MR) is 110 cm³/mol. The van der Waals surface area contributed by atoms with Gasteiger partial charge < -0.3 is 14.6 Å². The average molecular weight is 419 g/mol. The van der Waals surface area contributed by atoms with Gasteiger partial charge in [0, 0.05) is 22.4 Å². The Labute approximate surface area is 174 Å². The standard InChI is InChI=1S/C23H24ClFO4/c1-13(2)17-11-18(15-7-4-5-9-19(15)24)14(3)29-22(17)16-8-6-10-20(25)23(16)28-12-21(26)27/h4-10,14,17-18,22H,1,11-12H2,2-3H3,(H,26,27)/t14-,17+,18-,22+/m0/s1. The number of aliphatic carboxylic acids is 1. The van der Waals surface area contributed by atoms with Crippen molar-refractivity contribution in [1.82, 2.24) is 0 Å². The van der Waals surface area contributed by atoms with Gasteiger partial charge in [-0.1, -0.05) is 54.1 Å². The molecular formula is C23H24ClFO4. The molecule has 29 heavy (non-hydrogen) atoms. The largest absolute Gasteiger partial charge is 0.479 e. The van der Waals surface area contributed by atoms with Crippen LogP contribution in [0.5, 0.6) is 5.75 Å². The van der Waals surface area contributed by atoms with Gasteiger partial charge in [0.15, 0.2) is 18.2 Å². The van der Waals surface area contributed by atoms with Crippen LogP contribution < -0.4 is 4.74 Å². The van der Waals surface area contributed by atoms with E-state index in [1.807, 2.05) is 38.1 Å². The lowest BCUT2D eigenvalue weighted by atomic mass is 9.76. The Morgan fingerprint density at radius 1 is 1.28 bits per heavy atom. The summed E-state index contributed by atoms with van der Waals surface area (Å²) in [5.41, 5.74) is 2.39. The van der Waals surface area contributed by atoms with Crippen molar-refractivity contribution in [2.75, 3.05) is 6.61 Å². The molecule has 1 N–H and O–H groups in total. The third-order valence-electron chi connectivity index (χ3n) is 5.38. The zero-order valence-corrected chi connectivity index (χ0v) is 17.2. The number of carboxylic acid groups (broad SMARTS) is 1. The summed E-state index contributed by atoms with van der Waals surface area (Å²) in [6.45, 7) is 7.37. The number of hydrogen-bond donors (Lipinski definition) is 1. The molecule has 0 radical (unpaired) electrons. The monoisotopic (exact) mass is 418 g/mol. The number of carbonyl (C=O) groups is 1. The van der Waals surface area contributed by atoms with E-state index in [2.05, 4.69) is 6.58 Å². The SMILES string of the molecule is C=C(C)[C@H]1C[C@H](c2ccccc2Cl)[C@H](C)O[C@@H]1c1cccc(F)c1OCC(=O)O. The molecule has 3 rings (SSSR count). The molecule has 0 bridgehead atoms. The lowest BCUT2D eigenvalue weighted by Gasteiger charge is -2.42. The van der Waals surface area contributed by atoms with Gasteiger partial charge in [-0.3, -0.25) is 0 Å². The molecule has 6 heteroatoms. The predicted octanol–water partition coefficient (Wildman–Crippen LogP) is 5.77. The summed E-state index contributed by atoms with van der Waals surface area (Å²) < 4.78 is 26.1. The minimum absolute atomic E-state index is 0.0543. The van der Waals surface area contributed by atoms with Crippen molar-refractivity contribution < 1.29 is 23.8 Å². The molecule has 2 aromatic carbocycles. The molecule has 1 fully saturated rings. The van der Waals surface area contributed by atoms with E-state index in [0.717, 1.165) is 17.6 Å². The van der Waals surface area contributed by atoms with Crippen LogP contribution >= 0.6 is 11.6 Å². The summed E-state index contributed by atoms with van der Waals surface area (Å²) >= 11 is 6.42. The second kappa shape index (κ2) is 8.97. The number of halogens is 2. The fraction of sp³-hybridized carbons (Fsp3) is 0.348. The summed E-state index contributed by atoms with van der Waals surface area (Å²) in [4.78, 5) is 10.9. The first-order valence-electron chi connectivity index (χ1n) is 9.47. The fourth-order valence-corrected chi connectivity index (χ4v) is 4.23. The van der Waals surface area contributed by atoms with Crippen LogP contribution in [0.25, 0.3) is 0 Å². The summed E-state index contributed by atoms with van der Waals surface area (Å²) in [6.07, 6.45) is 0.0339. The van der Waals surface area contributed by atoms with E-state index in [-0.39, 0.29) is 23.7 Å². The first-order chi connectivity index (χ1) is 13.8. The van der Waals surface area contributed by atoms with E-state index in [9.17, 15) is 9.18 Å². The quantitative estimate of drug-likeness (QED) is 0.605. The van der Waals surface area contributed by atoms with Crippen molar-refractivity contribution in [2.24, 2.45) is 5.92 Å². The van der Waals surface area contributed by atoms with Crippen LogP contribution in [0.2, 0.25) is 5.02 Å². The Morgan fingerprint density at radius 3 is 2.62 bits per heavy atom. The molecule has 4 atom stereocenters. The maximum Gasteiger partial charge on any atom is 0.341 e. The van der Waals surface area contributed by atoms with Crippen molar-refractivity contribution >= 4 is 17.6 Å². The first-order valence-corrected chi connectivity index (χ1v) is 9.85. The zero-order chi connectivity index (χ0) is 21.1. The van der Waals surface area contributed by atoms with E-state index in [4.69, 9.17) is 26.2 Å². The van der Waals surface area contributed by atoms with Crippen molar-refractivity contribution in [2.45, 2.75) is 38.4 Å². The molecule has 0 aliphatic carbocycles. The Morgan fingerprint density at radius 2 is 1.97 bits per heavy atom. The summed E-state index contributed by atoms with van der Waals surface area (Å²) in [5.74, 6) is -1.93. The number of hydrogen-bond acceptors (Lipinski definition) is 3. The van der Waals surface area contributed by atoms with Crippen LogP contribution in [0.1, 0.15) is 43.4 Å². The highest BCUT2D eigenvalue weighted by Crippen LogP contribution is 2.49. The first kappa shape index (κ1) is 21.3. The fourth-order valence-electron chi connectivity index (χ4n) is 3.95. The topological polar surface area (TPSA) is 55.8 Å². The van der Waals surface area contributed by atoms with Gasteiger partial charge in [-0.05, 0) is 38.0 Å². The number of rotatable bonds is 6. The van der Waals surface area contributed by atoms with Gasteiger partial charge in [-0.2, -0.15) is 0 Å². The summed E-state index contributed by atoms with van der Waals surface area (Å²) in [5, 5.41) is 9.61. The number of ether oxygens (including phenoxy) is 2. The van der Waals surface area contributed by atoms with Crippen LogP contribution in [0, 0.1) is 11.7 Å². The smallest absolute Gasteiger partial charge is 0.341 e. The molecule has 1 saturated heterocycles. The third-order valence-corrected chi connectivity index (χ3v) is 5.73. The molecule has 1 aliphatic heterocycles. The van der Waals surface area contributed by atoms with Gasteiger partial charge in [0.2, 0.25) is 0 Å². The second-order valence-corrected chi connectivity index (χ2v) is 7.83. The van der Waals surface area contributed by atoms with E-state index < -0.39 is 24.5 Å². The normalized spacial score (nSPS) is 24.1. The van der Waals surface area contributed by atoms with E-state index in [1.54, 1.807) is 12.1 Å². The molecule has 4 nitrogen and oxygen atoms in total. The Balaban J connectivity index is 1.97. The maximum atomic E-state index is 14.5. The highest BCUT2D eigenvalue weighted by Gasteiger charge is 2.40. The minimum atomic E-state index is -1.17. The van der Waals surface area contributed by atoms with E-state index in [1.165, 1.54) is 6.07 Å². The maximum absolute atomic E-state index is 14.5. The van der Waals surface area contributed by atoms with Gasteiger partial charge in [0.1, 0.15) is 0 Å². The van der Waals surface area contributed by atoms with Gasteiger partial charge >= 0.3 is 5.97 Å². The third kappa shape index (κ3) is 4.62. The van der Waals surface area contributed by atoms with Crippen molar-refractivity contribution in [3.63, 3.8) is 0 Å². The Hall–Kier alpha value is -2.37.